The van der Waals surface area contributed by atoms with Gasteiger partial charge in [-0.05, 0) is 66.3 Å². The molecule has 0 aliphatic carbocycles. The van der Waals surface area contributed by atoms with E-state index in [1.165, 1.54) is 11.3 Å². The lowest BCUT2D eigenvalue weighted by Crippen LogP contribution is -2.17. The average Bonchev–Trinajstić information content (AvgIpc) is 2.65. The van der Waals surface area contributed by atoms with Crippen molar-refractivity contribution in [1.29, 1.82) is 0 Å². The minimum atomic E-state index is -0.523. The Morgan fingerprint density at radius 2 is 1.80 bits per heavy atom. The Labute approximate surface area is 134 Å². The molecule has 1 aromatic carbocycles. The van der Waals surface area contributed by atoms with Gasteiger partial charge in [0.1, 0.15) is 5.00 Å². The molecule has 3 N–H and O–H groups in total. The summed E-state index contributed by atoms with van der Waals surface area (Å²) in [6.07, 6.45) is 0. The molecule has 6 heteroatoms. The van der Waals surface area contributed by atoms with Gasteiger partial charge in [-0.15, -0.1) is 11.3 Å². The maximum atomic E-state index is 12.2. The first-order valence-electron chi connectivity index (χ1n) is 5.87. The second-order valence-corrected chi connectivity index (χ2v) is 6.78. The third-order valence-corrected chi connectivity index (χ3v) is 4.81. The number of amides is 2. The van der Waals surface area contributed by atoms with E-state index < -0.39 is 5.91 Å². The highest BCUT2D eigenvalue weighted by atomic mass is 127. The van der Waals surface area contributed by atoms with Crippen LogP contribution in [0.1, 0.15) is 31.2 Å². The molecule has 0 unspecified atom stereocenters. The minimum absolute atomic E-state index is 0.245. The number of nitrogens with two attached hydrogens (primary N) is 1. The van der Waals surface area contributed by atoms with Crippen LogP contribution in [0, 0.1) is 17.4 Å². The number of thiophene rings is 1. The van der Waals surface area contributed by atoms with E-state index in [0.29, 0.717) is 16.1 Å². The van der Waals surface area contributed by atoms with Crippen LogP contribution in [0.25, 0.3) is 0 Å². The zero-order valence-corrected chi connectivity index (χ0v) is 14.0. The third kappa shape index (κ3) is 3.01. The normalized spacial score (nSPS) is 10.3. The highest BCUT2D eigenvalue weighted by Gasteiger charge is 2.19. The number of carbonyl (C=O) groups is 2. The lowest BCUT2D eigenvalue weighted by Gasteiger charge is -2.05. The van der Waals surface area contributed by atoms with Crippen LogP contribution in [0.4, 0.5) is 5.00 Å². The summed E-state index contributed by atoms with van der Waals surface area (Å²) in [6.45, 7) is 3.72. The standard InChI is InChI=1S/C14H13IN2O2S/c1-7-8(2)20-14(11(7)12(16)18)17-13(19)9-3-5-10(15)6-4-9/h3-6H,1-2H3,(H2,16,18)(H,17,19). The molecule has 1 aromatic heterocycles. The van der Waals surface area contributed by atoms with Crippen LogP contribution in [-0.2, 0) is 0 Å². The van der Waals surface area contributed by atoms with Crippen LogP contribution in [0.5, 0.6) is 0 Å². The van der Waals surface area contributed by atoms with Crippen LogP contribution in [0.15, 0.2) is 24.3 Å². The van der Waals surface area contributed by atoms with Crippen molar-refractivity contribution in [3.63, 3.8) is 0 Å². The molecule has 0 radical (unpaired) electrons. The Morgan fingerprint density at radius 3 is 2.35 bits per heavy atom. The van der Waals surface area contributed by atoms with E-state index in [1.54, 1.807) is 12.1 Å². The zero-order chi connectivity index (χ0) is 14.9. The molecule has 104 valence electrons. The molecule has 0 spiro atoms. The van der Waals surface area contributed by atoms with E-state index in [1.807, 2.05) is 26.0 Å². The Hall–Kier alpha value is -1.41. The third-order valence-electron chi connectivity index (χ3n) is 2.97. The highest BCUT2D eigenvalue weighted by Crippen LogP contribution is 2.32. The second kappa shape index (κ2) is 5.92. The summed E-state index contributed by atoms with van der Waals surface area (Å²) in [6, 6.07) is 7.20. The smallest absolute Gasteiger partial charge is 0.256 e. The average molecular weight is 400 g/mol. The zero-order valence-electron chi connectivity index (χ0n) is 11.0. The number of hydrogen-bond acceptors (Lipinski definition) is 3. The second-order valence-electron chi connectivity index (χ2n) is 4.31. The Bertz CT molecular complexity index is 677. The van der Waals surface area contributed by atoms with Crippen molar-refractivity contribution in [3.05, 3.63) is 49.4 Å². The van der Waals surface area contributed by atoms with Gasteiger partial charge in [-0.25, -0.2) is 0 Å². The molecule has 2 aromatic rings. The Balaban J connectivity index is 2.30. The molecule has 0 aliphatic heterocycles. The fraction of sp³-hybridized carbons (Fsp3) is 0.143. The van der Waals surface area contributed by atoms with Crippen molar-refractivity contribution >= 4 is 50.7 Å². The van der Waals surface area contributed by atoms with E-state index >= 15 is 0 Å². The summed E-state index contributed by atoms with van der Waals surface area (Å²) < 4.78 is 1.06. The molecule has 0 aliphatic rings. The van der Waals surface area contributed by atoms with E-state index in [-0.39, 0.29) is 5.91 Å². The molecule has 4 nitrogen and oxygen atoms in total. The summed E-state index contributed by atoms with van der Waals surface area (Å²) in [4.78, 5) is 24.6. The van der Waals surface area contributed by atoms with Gasteiger partial charge in [0.25, 0.3) is 11.8 Å². The van der Waals surface area contributed by atoms with Gasteiger partial charge in [0, 0.05) is 14.0 Å². The maximum Gasteiger partial charge on any atom is 0.256 e. The summed E-state index contributed by atoms with van der Waals surface area (Å²) in [7, 11) is 0. The van der Waals surface area contributed by atoms with E-state index in [2.05, 4.69) is 27.9 Å². The molecular weight excluding hydrogens is 387 g/mol. The maximum absolute atomic E-state index is 12.2. The number of nitrogens with one attached hydrogen (secondary N) is 1. The van der Waals surface area contributed by atoms with Gasteiger partial charge in [0.05, 0.1) is 5.56 Å². The lowest BCUT2D eigenvalue weighted by molar-refractivity contribution is 0.100. The predicted octanol–water partition coefficient (Wildman–Crippen LogP) is 3.32. The van der Waals surface area contributed by atoms with Gasteiger partial charge in [0.15, 0.2) is 0 Å². The van der Waals surface area contributed by atoms with Gasteiger partial charge in [-0.1, -0.05) is 0 Å². The van der Waals surface area contributed by atoms with Gasteiger partial charge in [-0.2, -0.15) is 0 Å². The number of primary amides is 1. The number of carbonyl (C=O) groups excluding carboxylic acids is 2. The molecule has 2 rings (SSSR count). The molecule has 0 saturated heterocycles. The summed E-state index contributed by atoms with van der Waals surface area (Å²) >= 11 is 3.54. The van der Waals surface area contributed by atoms with E-state index in [4.69, 9.17) is 5.73 Å². The molecule has 0 atom stereocenters. The van der Waals surface area contributed by atoms with Crippen molar-refractivity contribution in [2.75, 3.05) is 5.32 Å². The van der Waals surface area contributed by atoms with Crippen molar-refractivity contribution in [3.8, 4) is 0 Å². The molecule has 2 amide bonds. The molecule has 1 heterocycles. The minimum Gasteiger partial charge on any atom is -0.365 e. The van der Waals surface area contributed by atoms with Gasteiger partial charge in [0.2, 0.25) is 0 Å². The predicted molar refractivity (Wildman–Crippen MR) is 89.4 cm³/mol. The first-order valence-corrected chi connectivity index (χ1v) is 7.76. The fourth-order valence-corrected chi connectivity index (χ4v) is 3.21. The topological polar surface area (TPSA) is 72.2 Å². The first kappa shape index (κ1) is 15.0. The fourth-order valence-electron chi connectivity index (χ4n) is 1.79. The number of aryl methyl sites for hydroxylation is 1. The SMILES string of the molecule is Cc1sc(NC(=O)c2ccc(I)cc2)c(C(N)=O)c1C. The summed E-state index contributed by atoms with van der Waals surface area (Å²) in [5.41, 5.74) is 7.14. The van der Waals surface area contributed by atoms with Gasteiger partial charge < -0.3 is 11.1 Å². The number of hydrogen-bond donors (Lipinski definition) is 2. The first-order chi connectivity index (χ1) is 9.40. The van der Waals surface area contributed by atoms with Crippen molar-refractivity contribution in [2.45, 2.75) is 13.8 Å². The lowest BCUT2D eigenvalue weighted by atomic mass is 10.1. The largest absolute Gasteiger partial charge is 0.365 e. The van der Waals surface area contributed by atoms with E-state index in [0.717, 1.165) is 14.0 Å². The van der Waals surface area contributed by atoms with Crippen molar-refractivity contribution < 1.29 is 9.59 Å². The number of benzene rings is 1. The van der Waals surface area contributed by atoms with E-state index in [9.17, 15) is 9.59 Å². The molecular formula is C14H13IN2O2S. The van der Waals surface area contributed by atoms with Crippen LogP contribution in [0.2, 0.25) is 0 Å². The number of halogens is 1. The monoisotopic (exact) mass is 400 g/mol. The molecule has 0 fully saturated rings. The van der Waals surface area contributed by atoms with Crippen LogP contribution in [0.3, 0.4) is 0 Å². The Morgan fingerprint density at radius 1 is 1.20 bits per heavy atom. The van der Waals surface area contributed by atoms with Crippen LogP contribution in [-0.4, -0.2) is 11.8 Å². The highest BCUT2D eigenvalue weighted by molar-refractivity contribution is 14.1. The molecule has 0 bridgehead atoms. The number of anilines is 1. The van der Waals surface area contributed by atoms with Crippen LogP contribution >= 0.6 is 33.9 Å². The van der Waals surface area contributed by atoms with Crippen molar-refractivity contribution in [2.24, 2.45) is 5.73 Å². The molecule has 0 saturated carbocycles. The van der Waals surface area contributed by atoms with Crippen LogP contribution < -0.4 is 11.1 Å². The summed E-state index contributed by atoms with van der Waals surface area (Å²) in [5, 5.41) is 3.28. The van der Waals surface area contributed by atoms with Gasteiger partial charge >= 0.3 is 0 Å². The van der Waals surface area contributed by atoms with Crippen molar-refractivity contribution in [1.82, 2.24) is 0 Å². The van der Waals surface area contributed by atoms with Gasteiger partial charge in [-0.3, -0.25) is 9.59 Å². The summed E-state index contributed by atoms with van der Waals surface area (Å²) in [5.74, 6) is -0.769. The quantitative estimate of drug-likeness (QED) is 0.776. The molecule has 20 heavy (non-hydrogen) atoms. The number of rotatable bonds is 3. The Kier molecular flexibility index (Phi) is 4.44.